The molecule has 19 heavy (non-hydrogen) atoms. The number of hydrogen-bond donors (Lipinski definition) is 1. The van der Waals surface area contributed by atoms with Gasteiger partial charge in [0.2, 0.25) is 0 Å². The molecular formula is C15H12F2N2. The highest BCUT2D eigenvalue weighted by molar-refractivity contribution is 5.32. The summed E-state index contributed by atoms with van der Waals surface area (Å²) in [5, 5.41) is 11.6. The van der Waals surface area contributed by atoms with Gasteiger partial charge in [-0.3, -0.25) is 0 Å². The first-order valence-corrected chi connectivity index (χ1v) is 5.83. The molecule has 0 bridgehead atoms. The molecule has 0 saturated heterocycles. The van der Waals surface area contributed by atoms with Crippen LogP contribution in [0.4, 0.5) is 8.78 Å². The van der Waals surface area contributed by atoms with Gasteiger partial charge in [0.25, 0.3) is 0 Å². The molecule has 4 heteroatoms. The first-order valence-electron chi connectivity index (χ1n) is 5.83. The van der Waals surface area contributed by atoms with Gasteiger partial charge >= 0.3 is 0 Å². The van der Waals surface area contributed by atoms with Gasteiger partial charge in [-0.2, -0.15) is 5.26 Å². The van der Waals surface area contributed by atoms with Crippen molar-refractivity contribution in [2.24, 2.45) is 0 Å². The number of benzene rings is 2. The van der Waals surface area contributed by atoms with Crippen LogP contribution in [0.5, 0.6) is 0 Å². The van der Waals surface area contributed by atoms with Crippen molar-refractivity contribution in [2.75, 3.05) is 0 Å². The number of nitrogens with one attached hydrogen (secondary N) is 1. The van der Waals surface area contributed by atoms with E-state index in [1.807, 2.05) is 6.07 Å². The Morgan fingerprint density at radius 1 is 0.947 bits per heavy atom. The number of nitrogens with zero attached hydrogens (tertiary/aromatic N) is 1. The topological polar surface area (TPSA) is 35.8 Å². The van der Waals surface area contributed by atoms with Gasteiger partial charge < -0.3 is 5.32 Å². The van der Waals surface area contributed by atoms with E-state index >= 15 is 0 Å². The van der Waals surface area contributed by atoms with Crippen LogP contribution in [-0.4, -0.2) is 0 Å². The second kappa shape index (κ2) is 6.07. The zero-order chi connectivity index (χ0) is 13.7. The van der Waals surface area contributed by atoms with Crippen molar-refractivity contribution in [1.82, 2.24) is 5.32 Å². The van der Waals surface area contributed by atoms with Gasteiger partial charge in [0.05, 0.1) is 11.6 Å². The Kier molecular flexibility index (Phi) is 4.22. The third kappa shape index (κ3) is 3.36. The third-order valence-electron chi connectivity index (χ3n) is 2.77. The lowest BCUT2D eigenvalue weighted by Crippen LogP contribution is -2.14. The summed E-state index contributed by atoms with van der Waals surface area (Å²) in [7, 11) is 0. The van der Waals surface area contributed by atoms with Gasteiger partial charge in [-0.05, 0) is 18.2 Å². The van der Waals surface area contributed by atoms with Crippen LogP contribution in [0, 0.1) is 23.0 Å². The fourth-order valence-corrected chi connectivity index (χ4v) is 1.73. The van der Waals surface area contributed by atoms with Gasteiger partial charge in [0.1, 0.15) is 11.6 Å². The molecule has 0 radical (unpaired) electrons. The first kappa shape index (κ1) is 13.2. The van der Waals surface area contributed by atoms with Crippen molar-refractivity contribution in [3.05, 3.63) is 70.8 Å². The van der Waals surface area contributed by atoms with E-state index in [4.69, 9.17) is 5.26 Å². The number of rotatable bonds is 4. The van der Waals surface area contributed by atoms with Crippen LogP contribution in [-0.2, 0) is 13.1 Å². The number of hydrogen-bond acceptors (Lipinski definition) is 2. The summed E-state index contributed by atoms with van der Waals surface area (Å²) in [6, 6.07) is 12.6. The monoisotopic (exact) mass is 258 g/mol. The van der Waals surface area contributed by atoms with Crippen LogP contribution in [0.3, 0.4) is 0 Å². The van der Waals surface area contributed by atoms with Crippen molar-refractivity contribution in [3.8, 4) is 6.07 Å². The molecule has 0 fully saturated rings. The zero-order valence-electron chi connectivity index (χ0n) is 10.2. The number of nitriles is 1. The SMILES string of the molecule is N#Cc1ccc(CNCc2ccccc2F)c(F)c1. The summed E-state index contributed by atoms with van der Waals surface area (Å²) >= 11 is 0. The fourth-order valence-electron chi connectivity index (χ4n) is 1.73. The quantitative estimate of drug-likeness (QED) is 0.914. The van der Waals surface area contributed by atoms with Crippen molar-refractivity contribution in [2.45, 2.75) is 13.1 Å². The maximum atomic E-state index is 13.6. The largest absolute Gasteiger partial charge is 0.308 e. The van der Waals surface area contributed by atoms with Crippen LogP contribution in [0.2, 0.25) is 0 Å². The van der Waals surface area contributed by atoms with Gasteiger partial charge in [0, 0.05) is 24.2 Å². The molecule has 0 amide bonds. The molecule has 1 N–H and O–H groups in total. The smallest absolute Gasteiger partial charge is 0.129 e. The Bertz CT molecular complexity index is 618. The Labute approximate surface area is 110 Å². The van der Waals surface area contributed by atoms with Crippen molar-refractivity contribution in [1.29, 1.82) is 5.26 Å². The summed E-state index contributed by atoms with van der Waals surface area (Å²) in [4.78, 5) is 0. The summed E-state index contributed by atoms with van der Waals surface area (Å²) in [5.74, 6) is -0.713. The molecule has 2 aromatic carbocycles. The van der Waals surface area contributed by atoms with E-state index < -0.39 is 5.82 Å². The van der Waals surface area contributed by atoms with Gasteiger partial charge in [-0.15, -0.1) is 0 Å². The predicted octanol–water partition coefficient (Wildman–Crippen LogP) is 3.13. The second-order valence-electron chi connectivity index (χ2n) is 4.11. The molecule has 0 aliphatic heterocycles. The lowest BCUT2D eigenvalue weighted by atomic mass is 10.1. The molecule has 0 heterocycles. The molecule has 0 aromatic heterocycles. The zero-order valence-corrected chi connectivity index (χ0v) is 10.2. The molecule has 0 spiro atoms. The van der Waals surface area contributed by atoms with E-state index in [-0.39, 0.29) is 17.9 Å². The first-order chi connectivity index (χ1) is 9.20. The van der Waals surface area contributed by atoms with Crippen LogP contribution in [0.25, 0.3) is 0 Å². The van der Waals surface area contributed by atoms with E-state index in [1.54, 1.807) is 30.3 Å². The maximum Gasteiger partial charge on any atom is 0.129 e. The minimum absolute atomic E-state index is 0.282. The van der Waals surface area contributed by atoms with Crippen molar-refractivity contribution in [3.63, 3.8) is 0 Å². The Hall–Kier alpha value is -2.25. The van der Waals surface area contributed by atoms with Crippen LogP contribution >= 0.6 is 0 Å². The molecule has 0 atom stereocenters. The van der Waals surface area contributed by atoms with Crippen molar-refractivity contribution < 1.29 is 8.78 Å². The molecule has 96 valence electrons. The second-order valence-corrected chi connectivity index (χ2v) is 4.11. The average Bonchev–Trinajstić information content (AvgIpc) is 2.42. The molecule has 0 aliphatic rings. The van der Waals surface area contributed by atoms with E-state index in [2.05, 4.69) is 5.32 Å². The molecule has 2 nitrogen and oxygen atoms in total. The molecule has 0 unspecified atom stereocenters. The summed E-state index contributed by atoms with van der Waals surface area (Å²) in [6.45, 7) is 0.609. The maximum absolute atomic E-state index is 13.6. The van der Waals surface area contributed by atoms with Crippen LogP contribution < -0.4 is 5.32 Å². The summed E-state index contributed by atoms with van der Waals surface area (Å²) < 4.78 is 26.9. The Morgan fingerprint density at radius 2 is 1.63 bits per heavy atom. The predicted molar refractivity (Wildman–Crippen MR) is 68.1 cm³/mol. The highest BCUT2D eigenvalue weighted by Crippen LogP contribution is 2.11. The molecule has 2 aromatic rings. The minimum Gasteiger partial charge on any atom is -0.308 e. The van der Waals surface area contributed by atoms with Gasteiger partial charge in [-0.25, -0.2) is 8.78 Å². The number of halogens is 2. The van der Waals surface area contributed by atoms with Gasteiger partial charge in [-0.1, -0.05) is 24.3 Å². The van der Waals surface area contributed by atoms with E-state index in [1.165, 1.54) is 12.1 Å². The standard InChI is InChI=1S/C15H12F2N2/c16-14-4-2-1-3-12(14)9-19-10-13-6-5-11(8-18)7-15(13)17/h1-7,19H,9-10H2. The molecule has 0 aliphatic carbocycles. The van der Waals surface area contributed by atoms with Crippen LogP contribution in [0.15, 0.2) is 42.5 Å². The highest BCUT2D eigenvalue weighted by atomic mass is 19.1. The normalized spacial score (nSPS) is 10.2. The highest BCUT2D eigenvalue weighted by Gasteiger charge is 2.04. The minimum atomic E-state index is -0.430. The summed E-state index contributed by atoms with van der Waals surface area (Å²) in [6.07, 6.45) is 0. The molecular weight excluding hydrogens is 246 g/mol. The van der Waals surface area contributed by atoms with Crippen molar-refractivity contribution >= 4 is 0 Å². The van der Waals surface area contributed by atoms with E-state index in [9.17, 15) is 8.78 Å². The van der Waals surface area contributed by atoms with E-state index in [0.29, 0.717) is 17.7 Å². The third-order valence-corrected chi connectivity index (χ3v) is 2.77. The summed E-state index contributed by atoms with van der Waals surface area (Å²) in [5.41, 5.74) is 1.28. The lowest BCUT2D eigenvalue weighted by Gasteiger charge is -2.07. The molecule has 0 saturated carbocycles. The van der Waals surface area contributed by atoms with Gasteiger partial charge in [0.15, 0.2) is 0 Å². The lowest BCUT2D eigenvalue weighted by molar-refractivity contribution is 0.569. The fraction of sp³-hybridized carbons (Fsp3) is 0.133. The average molecular weight is 258 g/mol. The molecule has 2 rings (SSSR count). The van der Waals surface area contributed by atoms with E-state index in [0.717, 1.165) is 0 Å². The van der Waals surface area contributed by atoms with Crippen LogP contribution in [0.1, 0.15) is 16.7 Å². The Balaban J connectivity index is 1.97. The Morgan fingerprint density at radius 3 is 2.26 bits per heavy atom.